The number of carbonyl (C=O) groups is 1. The minimum atomic E-state index is -0.00221. The number of nitrogens with zero attached hydrogens (tertiary/aromatic N) is 3. The summed E-state index contributed by atoms with van der Waals surface area (Å²) in [5.74, 6) is 0.579. The number of benzene rings is 1. The number of amides is 1. The molecule has 1 amide bonds. The van der Waals surface area contributed by atoms with E-state index in [-0.39, 0.29) is 5.91 Å². The molecule has 1 aromatic heterocycles. The number of rotatable bonds is 4. The largest absolute Gasteiger partial charge is 0.352 e. The summed E-state index contributed by atoms with van der Waals surface area (Å²) in [5, 5.41) is 7.60. The second-order valence-corrected chi connectivity index (χ2v) is 7.60. The summed E-state index contributed by atoms with van der Waals surface area (Å²) in [6.07, 6.45) is 8.10. The normalized spacial score (nSPS) is 23.4. The highest BCUT2D eigenvalue weighted by molar-refractivity contribution is 5.95. The molecule has 0 radical (unpaired) electrons. The molecule has 138 valence electrons. The Morgan fingerprint density at radius 1 is 1.15 bits per heavy atom. The van der Waals surface area contributed by atoms with Crippen molar-refractivity contribution in [3.05, 3.63) is 47.8 Å². The number of hydrogen-bond acceptors (Lipinski definition) is 3. The highest BCUT2D eigenvalue weighted by atomic mass is 16.1. The van der Waals surface area contributed by atoms with Gasteiger partial charge in [-0.1, -0.05) is 24.6 Å². The van der Waals surface area contributed by atoms with Gasteiger partial charge in [0.2, 0.25) is 0 Å². The van der Waals surface area contributed by atoms with E-state index in [2.05, 4.69) is 15.3 Å². The quantitative estimate of drug-likeness (QED) is 0.919. The Morgan fingerprint density at radius 3 is 2.81 bits per heavy atom. The van der Waals surface area contributed by atoms with Crippen molar-refractivity contribution in [1.82, 2.24) is 20.0 Å². The SMILES string of the molecule is Cc1c(C(=O)NC[C@H]2CCCN3CCCC[C@H]23)cnn1-c1ccccc1. The van der Waals surface area contributed by atoms with Crippen LogP contribution in [0.25, 0.3) is 5.69 Å². The van der Waals surface area contributed by atoms with Gasteiger partial charge in [0, 0.05) is 12.6 Å². The molecule has 0 saturated carbocycles. The summed E-state index contributed by atoms with van der Waals surface area (Å²) in [6.45, 7) is 5.20. The molecule has 0 unspecified atom stereocenters. The molecule has 2 atom stereocenters. The van der Waals surface area contributed by atoms with Gasteiger partial charge in [-0.3, -0.25) is 4.79 Å². The zero-order chi connectivity index (χ0) is 17.9. The molecule has 0 aliphatic carbocycles. The first-order valence-electron chi connectivity index (χ1n) is 9.86. The van der Waals surface area contributed by atoms with E-state index in [1.54, 1.807) is 6.20 Å². The van der Waals surface area contributed by atoms with E-state index in [4.69, 9.17) is 0 Å². The van der Waals surface area contributed by atoms with Crippen LogP contribution in [-0.4, -0.2) is 46.3 Å². The van der Waals surface area contributed by atoms with Crippen LogP contribution in [0, 0.1) is 12.8 Å². The first kappa shape index (κ1) is 17.3. The fourth-order valence-electron chi connectivity index (χ4n) is 4.60. The molecule has 5 heteroatoms. The van der Waals surface area contributed by atoms with Crippen molar-refractivity contribution in [3.63, 3.8) is 0 Å². The Kier molecular flexibility index (Phi) is 5.07. The van der Waals surface area contributed by atoms with Crippen LogP contribution in [0.4, 0.5) is 0 Å². The predicted octanol–water partition coefficient (Wildman–Crippen LogP) is 3.18. The average Bonchev–Trinajstić information content (AvgIpc) is 3.08. The molecular weight excluding hydrogens is 324 g/mol. The van der Waals surface area contributed by atoms with Crippen LogP contribution >= 0.6 is 0 Å². The predicted molar refractivity (Wildman–Crippen MR) is 103 cm³/mol. The van der Waals surface area contributed by atoms with Gasteiger partial charge in [-0.05, 0) is 63.7 Å². The smallest absolute Gasteiger partial charge is 0.254 e. The van der Waals surface area contributed by atoms with Crippen molar-refractivity contribution in [2.75, 3.05) is 19.6 Å². The summed E-state index contributed by atoms with van der Waals surface area (Å²) in [7, 11) is 0. The van der Waals surface area contributed by atoms with Crippen molar-refractivity contribution in [2.24, 2.45) is 5.92 Å². The lowest BCUT2D eigenvalue weighted by Crippen LogP contribution is -2.51. The maximum absolute atomic E-state index is 12.7. The summed E-state index contributed by atoms with van der Waals surface area (Å²) in [5.41, 5.74) is 2.54. The number of piperidine rings is 2. The van der Waals surface area contributed by atoms with Gasteiger partial charge in [0.05, 0.1) is 23.1 Å². The Morgan fingerprint density at radius 2 is 1.96 bits per heavy atom. The van der Waals surface area contributed by atoms with Crippen LogP contribution in [0.1, 0.15) is 48.2 Å². The molecule has 2 aliphatic heterocycles. The standard InChI is InChI=1S/C21H28N4O/c1-16-19(15-23-25(16)18-9-3-2-4-10-18)21(26)22-14-17-8-7-13-24-12-6-5-11-20(17)24/h2-4,9-10,15,17,20H,5-8,11-14H2,1H3,(H,22,26)/t17-,20-/m1/s1. The summed E-state index contributed by atoms with van der Waals surface area (Å²) < 4.78 is 1.83. The van der Waals surface area contributed by atoms with Crippen molar-refractivity contribution in [1.29, 1.82) is 0 Å². The molecule has 1 aromatic carbocycles. The summed E-state index contributed by atoms with van der Waals surface area (Å²) >= 11 is 0. The van der Waals surface area contributed by atoms with Crippen molar-refractivity contribution >= 4 is 5.91 Å². The van der Waals surface area contributed by atoms with Gasteiger partial charge in [0.25, 0.3) is 5.91 Å². The zero-order valence-electron chi connectivity index (χ0n) is 15.5. The Bertz CT molecular complexity index is 753. The Balaban J connectivity index is 1.42. The van der Waals surface area contributed by atoms with Gasteiger partial charge in [-0.15, -0.1) is 0 Å². The minimum absolute atomic E-state index is 0.00221. The van der Waals surface area contributed by atoms with Gasteiger partial charge >= 0.3 is 0 Å². The molecule has 4 rings (SSSR count). The second-order valence-electron chi connectivity index (χ2n) is 7.60. The number of fused-ring (bicyclic) bond motifs is 1. The van der Waals surface area contributed by atoms with E-state index >= 15 is 0 Å². The van der Waals surface area contributed by atoms with Crippen LogP contribution in [0.5, 0.6) is 0 Å². The molecule has 0 bridgehead atoms. The van der Waals surface area contributed by atoms with Crippen LogP contribution < -0.4 is 5.32 Å². The summed E-state index contributed by atoms with van der Waals surface area (Å²) in [4.78, 5) is 15.4. The van der Waals surface area contributed by atoms with E-state index < -0.39 is 0 Å². The van der Waals surface area contributed by atoms with Crippen molar-refractivity contribution in [3.8, 4) is 5.69 Å². The molecule has 2 fully saturated rings. The number of para-hydroxylation sites is 1. The summed E-state index contributed by atoms with van der Waals surface area (Å²) in [6, 6.07) is 10.6. The van der Waals surface area contributed by atoms with Crippen LogP contribution in [0.3, 0.4) is 0 Å². The van der Waals surface area contributed by atoms with E-state index in [0.717, 1.165) is 17.9 Å². The van der Waals surface area contributed by atoms with Crippen LogP contribution in [-0.2, 0) is 0 Å². The lowest BCUT2D eigenvalue weighted by atomic mass is 9.83. The maximum atomic E-state index is 12.7. The van der Waals surface area contributed by atoms with Crippen molar-refractivity contribution in [2.45, 2.75) is 45.1 Å². The van der Waals surface area contributed by atoms with Gasteiger partial charge in [0.1, 0.15) is 0 Å². The number of carbonyl (C=O) groups excluding carboxylic acids is 1. The van der Waals surface area contributed by atoms with Gasteiger partial charge in [0.15, 0.2) is 0 Å². The number of hydrogen-bond donors (Lipinski definition) is 1. The van der Waals surface area contributed by atoms with Crippen LogP contribution in [0.15, 0.2) is 36.5 Å². The lowest BCUT2D eigenvalue weighted by Gasteiger charge is -2.44. The van der Waals surface area contributed by atoms with Crippen LogP contribution in [0.2, 0.25) is 0 Å². The highest BCUT2D eigenvalue weighted by Gasteiger charge is 2.33. The molecule has 1 N–H and O–H groups in total. The molecule has 2 aliphatic rings. The van der Waals surface area contributed by atoms with E-state index in [0.29, 0.717) is 17.5 Å². The lowest BCUT2D eigenvalue weighted by molar-refractivity contribution is 0.0575. The monoisotopic (exact) mass is 352 g/mol. The van der Waals surface area contributed by atoms with E-state index in [9.17, 15) is 4.79 Å². The maximum Gasteiger partial charge on any atom is 0.254 e. The van der Waals surface area contributed by atoms with Gasteiger partial charge in [-0.25, -0.2) is 4.68 Å². The molecule has 3 heterocycles. The molecule has 5 nitrogen and oxygen atoms in total. The third-order valence-electron chi connectivity index (χ3n) is 6.01. The van der Waals surface area contributed by atoms with E-state index in [1.165, 1.54) is 45.2 Å². The topological polar surface area (TPSA) is 50.2 Å². The first-order valence-corrected chi connectivity index (χ1v) is 9.86. The molecule has 0 spiro atoms. The van der Waals surface area contributed by atoms with Gasteiger partial charge < -0.3 is 10.2 Å². The Hall–Kier alpha value is -2.14. The Labute approximate surface area is 155 Å². The molecule has 2 aromatic rings. The third kappa shape index (κ3) is 3.40. The number of aromatic nitrogens is 2. The fourth-order valence-corrected chi connectivity index (χ4v) is 4.60. The van der Waals surface area contributed by atoms with E-state index in [1.807, 2.05) is 41.9 Å². The third-order valence-corrected chi connectivity index (χ3v) is 6.01. The van der Waals surface area contributed by atoms with Gasteiger partial charge in [-0.2, -0.15) is 5.10 Å². The first-order chi connectivity index (χ1) is 12.7. The average molecular weight is 352 g/mol. The highest BCUT2D eigenvalue weighted by Crippen LogP contribution is 2.30. The number of nitrogens with one attached hydrogen (secondary N) is 1. The van der Waals surface area contributed by atoms with Crippen molar-refractivity contribution < 1.29 is 4.79 Å². The molecular formula is C21H28N4O. The second kappa shape index (κ2) is 7.62. The minimum Gasteiger partial charge on any atom is -0.352 e. The molecule has 2 saturated heterocycles. The molecule has 26 heavy (non-hydrogen) atoms. The fraction of sp³-hybridized carbons (Fsp3) is 0.524. The zero-order valence-corrected chi connectivity index (χ0v) is 15.5.